The molecule has 2 bridgehead atoms. The maximum Gasteiger partial charge on any atom is 0.166 e. The Kier molecular flexibility index (Phi) is 2.30. The first-order chi connectivity index (χ1) is 7.20. The minimum absolute atomic E-state index is 0.0136. The molecule has 4 nitrogen and oxygen atoms in total. The molecule has 0 aromatic heterocycles. The number of hydrogen-bond acceptors (Lipinski definition) is 4. The standard InChI is InChI=1S/C11H17NO3/c1-6-14-11(15-6)7-2-8-4-10(13)5-9(3-7)12-8/h6-9,11-12H,2-5H2,1H3. The number of ketones is 1. The van der Waals surface area contributed by atoms with Gasteiger partial charge in [0, 0.05) is 30.8 Å². The van der Waals surface area contributed by atoms with E-state index < -0.39 is 0 Å². The van der Waals surface area contributed by atoms with Gasteiger partial charge in [-0.05, 0) is 19.8 Å². The normalized spacial score (nSPS) is 49.9. The quantitative estimate of drug-likeness (QED) is 0.697. The molecular formula is C11H17NO3. The molecule has 3 saturated heterocycles. The number of ether oxygens (including phenoxy) is 2. The van der Waals surface area contributed by atoms with Crippen LogP contribution in [0, 0.1) is 5.92 Å². The Balaban J connectivity index is 1.62. The summed E-state index contributed by atoms with van der Waals surface area (Å²) in [5, 5.41) is 3.50. The minimum Gasteiger partial charge on any atom is -0.324 e. The highest BCUT2D eigenvalue weighted by atomic mass is 16.9. The first-order valence-corrected chi connectivity index (χ1v) is 5.79. The first kappa shape index (κ1) is 9.75. The van der Waals surface area contributed by atoms with Gasteiger partial charge in [-0.15, -0.1) is 0 Å². The number of piperidine rings is 2. The number of nitrogens with one attached hydrogen (secondary N) is 1. The number of Topliss-reactive ketones (excluding diaryl/α,β-unsaturated/α-hetero) is 1. The van der Waals surface area contributed by atoms with Gasteiger partial charge in [0.15, 0.2) is 12.6 Å². The van der Waals surface area contributed by atoms with Gasteiger partial charge in [-0.3, -0.25) is 4.79 Å². The molecule has 0 radical (unpaired) electrons. The molecule has 0 aromatic rings. The Hall–Kier alpha value is -0.450. The van der Waals surface area contributed by atoms with Gasteiger partial charge >= 0.3 is 0 Å². The summed E-state index contributed by atoms with van der Waals surface area (Å²) in [5.41, 5.74) is 0. The van der Waals surface area contributed by atoms with E-state index in [1.165, 1.54) is 0 Å². The van der Waals surface area contributed by atoms with E-state index in [0.717, 1.165) is 12.8 Å². The second kappa shape index (κ2) is 3.54. The molecule has 4 heteroatoms. The fourth-order valence-corrected chi connectivity index (χ4v) is 3.05. The topological polar surface area (TPSA) is 47.6 Å². The Bertz CT molecular complexity index is 259. The van der Waals surface area contributed by atoms with Crippen LogP contribution in [0.25, 0.3) is 0 Å². The molecule has 1 N–H and O–H groups in total. The van der Waals surface area contributed by atoms with Gasteiger partial charge < -0.3 is 14.8 Å². The van der Waals surface area contributed by atoms with E-state index >= 15 is 0 Å². The van der Waals surface area contributed by atoms with Gasteiger partial charge in [-0.2, -0.15) is 0 Å². The Morgan fingerprint density at radius 2 is 1.80 bits per heavy atom. The lowest BCUT2D eigenvalue weighted by atomic mass is 9.79. The molecule has 3 fully saturated rings. The molecule has 15 heavy (non-hydrogen) atoms. The van der Waals surface area contributed by atoms with Crippen molar-refractivity contribution in [3.63, 3.8) is 0 Å². The van der Waals surface area contributed by atoms with Gasteiger partial charge in [0.05, 0.1) is 0 Å². The third kappa shape index (κ3) is 1.82. The maximum absolute atomic E-state index is 11.4. The third-order valence-electron chi connectivity index (χ3n) is 3.63. The predicted octanol–water partition coefficient (Wildman–Crippen LogP) is 0.805. The van der Waals surface area contributed by atoms with Crippen molar-refractivity contribution in [3.8, 4) is 0 Å². The molecule has 0 amide bonds. The van der Waals surface area contributed by atoms with Crippen LogP contribution in [0.2, 0.25) is 0 Å². The lowest BCUT2D eigenvalue weighted by Crippen LogP contribution is -2.56. The summed E-state index contributed by atoms with van der Waals surface area (Å²) in [6.45, 7) is 1.92. The fraction of sp³-hybridized carbons (Fsp3) is 0.909. The number of carbonyl (C=O) groups excluding carboxylic acids is 1. The van der Waals surface area contributed by atoms with Crippen LogP contribution in [0.4, 0.5) is 0 Å². The first-order valence-electron chi connectivity index (χ1n) is 5.79. The molecule has 0 saturated carbocycles. The van der Waals surface area contributed by atoms with Crippen molar-refractivity contribution in [2.75, 3.05) is 0 Å². The largest absolute Gasteiger partial charge is 0.324 e. The van der Waals surface area contributed by atoms with Gasteiger partial charge in [-0.1, -0.05) is 0 Å². The molecule has 84 valence electrons. The van der Waals surface area contributed by atoms with Gasteiger partial charge in [-0.25, -0.2) is 0 Å². The summed E-state index contributed by atoms with van der Waals surface area (Å²) >= 11 is 0. The van der Waals surface area contributed by atoms with Crippen LogP contribution in [-0.2, 0) is 14.3 Å². The molecule has 0 aliphatic carbocycles. The van der Waals surface area contributed by atoms with Crippen molar-refractivity contribution in [3.05, 3.63) is 0 Å². The number of hydrogen-bond donors (Lipinski definition) is 1. The van der Waals surface area contributed by atoms with Crippen molar-refractivity contribution >= 4 is 5.78 Å². The molecule has 0 aromatic carbocycles. The monoisotopic (exact) mass is 211 g/mol. The second-order valence-electron chi connectivity index (χ2n) is 4.95. The average Bonchev–Trinajstić information content (AvgIpc) is 2.10. The van der Waals surface area contributed by atoms with Crippen LogP contribution in [0.3, 0.4) is 0 Å². The number of fused-ring (bicyclic) bond motifs is 2. The smallest absolute Gasteiger partial charge is 0.166 e. The van der Waals surface area contributed by atoms with Gasteiger partial charge in [0.2, 0.25) is 0 Å². The summed E-state index contributed by atoms with van der Waals surface area (Å²) in [6.07, 6.45) is 3.36. The fourth-order valence-electron chi connectivity index (χ4n) is 3.05. The maximum atomic E-state index is 11.4. The lowest BCUT2D eigenvalue weighted by Gasteiger charge is -2.46. The average molecular weight is 211 g/mol. The van der Waals surface area contributed by atoms with Gasteiger partial charge in [0.25, 0.3) is 0 Å². The van der Waals surface area contributed by atoms with Crippen molar-refractivity contribution < 1.29 is 14.3 Å². The van der Waals surface area contributed by atoms with Crippen LogP contribution >= 0.6 is 0 Å². The van der Waals surface area contributed by atoms with Crippen LogP contribution in [0.15, 0.2) is 0 Å². The van der Waals surface area contributed by atoms with E-state index in [1.54, 1.807) is 0 Å². The van der Waals surface area contributed by atoms with Crippen LogP contribution in [-0.4, -0.2) is 30.4 Å². The van der Waals surface area contributed by atoms with E-state index in [2.05, 4.69) is 5.32 Å². The summed E-state index contributed by atoms with van der Waals surface area (Å²) in [4.78, 5) is 11.4. The molecule has 0 spiro atoms. The number of carbonyl (C=O) groups is 1. The molecular weight excluding hydrogens is 194 g/mol. The zero-order valence-electron chi connectivity index (χ0n) is 8.94. The molecule has 2 atom stereocenters. The van der Waals surface area contributed by atoms with Crippen molar-refractivity contribution in [2.45, 2.75) is 57.3 Å². The minimum atomic E-state index is -0.0358. The van der Waals surface area contributed by atoms with Crippen LogP contribution < -0.4 is 5.32 Å². The van der Waals surface area contributed by atoms with Crippen LogP contribution in [0.1, 0.15) is 32.6 Å². The summed E-state index contributed by atoms with van der Waals surface area (Å²) in [5.74, 6) is 0.886. The van der Waals surface area contributed by atoms with Crippen molar-refractivity contribution in [1.82, 2.24) is 5.32 Å². The van der Waals surface area contributed by atoms with Crippen molar-refractivity contribution in [2.24, 2.45) is 5.92 Å². The highest BCUT2D eigenvalue weighted by Gasteiger charge is 2.42. The molecule has 2 unspecified atom stereocenters. The Morgan fingerprint density at radius 1 is 1.20 bits per heavy atom. The summed E-state index contributed by atoms with van der Waals surface area (Å²) < 4.78 is 11.1. The summed E-state index contributed by atoms with van der Waals surface area (Å²) in [7, 11) is 0. The zero-order valence-corrected chi connectivity index (χ0v) is 8.94. The molecule has 3 aliphatic rings. The van der Waals surface area contributed by atoms with E-state index in [-0.39, 0.29) is 12.6 Å². The Morgan fingerprint density at radius 3 is 2.33 bits per heavy atom. The highest BCUT2D eigenvalue weighted by Crippen LogP contribution is 2.35. The van der Waals surface area contributed by atoms with E-state index in [4.69, 9.17) is 9.47 Å². The second-order valence-corrected chi connectivity index (χ2v) is 4.95. The number of rotatable bonds is 1. The van der Waals surface area contributed by atoms with E-state index in [1.807, 2.05) is 6.92 Å². The van der Waals surface area contributed by atoms with E-state index in [9.17, 15) is 4.79 Å². The molecule has 3 rings (SSSR count). The molecule has 3 heterocycles. The SMILES string of the molecule is CC1OC(C2CC3CC(=O)CC(C2)N3)O1. The van der Waals surface area contributed by atoms with Gasteiger partial charge in [0.1, 0.15) is 5.78 Å². The third-order valence-corrected chi connectivity index (χ3v) is 3.63. The zero-order chi connectivity index (χ0) is 10.4. The Labute approximate surface area is 89.3 Å². The van der Waals surface area contributed by atoms with Crippen LogP contribution in [0.5, 0.6) is 0 Å². The van der Waals surface area contributed by atoms with Crippen molar-refractivity contribution in [1.29, 1.82) is 0 Å². The lowest BCUT2D eigenvalue weighted by molar-refractivity contribution is -0.395. The van der Waals surface area contributed by atoms with E-state index in [0.29, 0.717) is 36.6 Å². The molecule has 3 aliphatic heterocycles. The summed E-state index contributed by atoms with van der Waals surface area (Å²) in [6, 6.07) is 0.719. The highest BCUT2D eigenvalue weighted by molar-refractivity contribution is 5.80. The predicted molar refractivity (Wildman–Crippen MR) is 53.1 cm³/mol.